The highest BCUT2D eigenvalue weighted by Gasteiger charge is 2.52. The third-order valence-corrected chi connectivity index (χ3v) is 3.75. The molecule has 0 radical (unpaired) electrons. The molecular formula is C10H19NO2. The molecule has 0 bridgehead atoms. The van der Waals surface area contributed by atoms with Crippen molar-refractivity contribution in [1.82, 2.24) is 0 Å². The zero-order chi connectivity index (χ0) is 9.36. The molecule has 0 unspecified atom stereocenters. The standard InChI is InChI=1S/C10H19NO2/c1-9(12-6-7-13-9)10(8-11)4-2-3-5-10/h2-8,11H2,1H3. The van der Waals surface area contributed by atoms with Gasteiger partial charge in [-0.1, -0.05) is 12.8 Å². The van der Waals surface area contributed by atoms with E-state index in [2.05, 4.69) is 6.92 Å². The average molecular weight is 185 g/mol. The minimum absolute atomic E-state index is 0.0868. The van der Waals surface area contributed by atoms with E-state index in [1.807, 2.05) is 0 Å². The number of hydrogen-bond acceptors (Lipinski definition) is 3. The molecule has 1 saturated heterocycles. The Bertz CT molecular complexity index is 181. The van der Waals surface area contributed by atoms with Crippen LogP contribution in [0.5, 0.6) is 0 Å². The molecule has 76 valence electrons. The minimum Gasteiger partial charge on any atom is -0.347 e. The maximum absolute atomic E-state index is 5.87. The van der Waals surface area contributed by atoms with Crippen LogP contribution in [-0.4, -0.2) is 25.5 Å². The van der Waals surface area contributed by atoms with E-state index in [0.717, 1.165) is 26.1 Å². The lowest BCUT2D eigenvalue weighted by atomic mass is 9.78. The van der Waals surface area contributed by atoms with Gasteiger partial charge in [-0.05, 0) is 19.8 Å². The lowest BCUT2D eigenvalue weighted by Crippen LogP contribution is -2.49. The summed E-state index contributed by atoms with van der Waals surface area (Å²) in [6.07, 6.45) is 4.83. The summed E-state index contributed by atoms with van der Waals surface area (Å²) in [6.45, 7) is 4.18. The van der Waals surface area contributed by atoms with Gasteiger partial charge in [-0.2, -0.15) is 0 Å². The van der Waals surface area contributed by atoms with Crippen molar-refractivity contribution in [3.63, 3.8) is 0 Å². The van der Waals surface area contributed by atoms with Crippen LogP contribution in [0.2, 0.25) is 0 Å². The van der Waals surface area contributed by atoms with E-state index in [1.54, 1.807) is 0 Å². The molecule has 2 aliphatic rings. The Morgan fingerprint density at radius 1 is 1.15 bits per heavy atom. The normalized spacial score (nSPS) is 30.9. The van der Waals surface area contributed by atoms with E-state index in [1.165, 1.54) is 12.8 Å². The van der Waals surface area contributed by atoms with Crippen LogP contribution in [-0.2, 0) is 9.47 Å². The van der Waals surface area contributed by atoms with Crippen molar-refractivity contribution >= 4 is 0 Å². The Balaban J connectivity index is 2.18. The first-order valence-corrected chi connectivity index (χ1v) is 5.20. The third kappa shape index (κ3) is 1.30. The Labute approximate surface area is 79.6 Å². The van der Waals surface area contributed by atoms with E-state index in [9.17, 15) is 0 Å². The molecule has 3 heteroatoms. The van der Waals surface area contributed by atoms with Gasteiger partial charge in [0.05, 0.1) is 13.2 Å². The van der Waals surface area contributed by atoms with E-state index in [-0.39, 0.29) is 5.41 Å². The lowest BCUT2D eigenvalue weighted by Gasteiger charge is -2.41. The molecular weight excluding hydrogens is 166 g/mol. The summed E-state index contributed by atoms with van der Waals surface area (Å²) in [6, 6.07) is 0. The van der Waals surface area contributed by atoms with Gasteiger partial charge in [0.2, 0.25) is 0 Å². The summed E-state index contributed by atoms with van der Waals surface area (Å²) in [5, 5.41) is 0. The molecule has 1 aliphatic heterocycles. The smallest absolute Gasteiger partial charge is 0.172 e. The summed E-state index contributed by atoms with van der Waals surface area (Å²) in [5.74, 6) is -0.405. The van der Waals surface area contributed by atoms with E-state index < -0.39 is 5.79 Å². The first kappa shape index (κ1) is 9.44. The van der Waals surface area contributed by atoms with Gasteiger partial charge in [-0.3, -0.25) is 0 Å². The van der Waals surface area contributed by atoms with Gasteiger partial charge in [-0.15, -0.1) is 0 Å². The second-order valence-electron chi connectivity index (χ2n) is 4.33. The second-order valence-corrected chi connectivity index (χ2v) is 4.33. The van der Waals surface area contributed by atoms with Gasteiger partial charge < -0.3 is 15.2 Å². The molecule has 2 fully saturated rings. The number of rotatable bonds is 2. The van der Waals surface area contributed by atoms with Crippen molar-refractivity contribution in [2.24, 2.45) is 11.1 Å². The van der Waals surface area contributed by atoms with E-state index >= 15 is 0 Å². The molecule has 0 spiro atoms. The topological polar surface area (TPSA) is 44.5 Å². The highest BCUT2D eigenvalue weighted by Crippen LogP contribution is 2.49. The zero-order valence-corrected chi connectivity index (χ0v) is 8.34. The van der Waals surface area contributed by atoms with Crippen LogP contribution in [0.1, 0.15) is 32.6 Å². The summed E-state index contributed by atoms with van der Waals surface area (Å²) < 4.78 is 11.4. The predicted molar refractivity (Wildman–Crippen MR) is 50.3 cm³/mol. The second kappa shape index (κ2) is 3.23. The van der Waals surface area contributed by atoms with Gasteiger partial charge in [0.1, 0.15) is 0 Å². The largest absolute Gasteiger partial charge is 0.347 e. The van der Waals surface area contributed by atoms with Gasteiger partial charge in [0.15, 0.2) is 5.79 Å². The van der Waals surface area contributed by atoms with Crippen LogP contribution in [0.15, 0.2) is 0 Å². The molecule has 2 N–H and O–H groups in total. The van der Waals surface area contributed by atoms with Gasteiger partial charge >= 0.3 is 0 Å². The van der Waals surface area contributed by atoms with Gasteiger partial charge in [0, 0.05) is 12.0 Å². The fraction of sp³-hybridized carbons (Fsp3) is 1.00. The number of nitrogens with two attached hydrogens (primary N) is 1. The molecule has 0 aromatic heterocycles. The van der Waals surface area contributed by atoms with Crippen LogP contribution < -0.4 is 5.73 Å². The van der Waals surface area contributed by atoms with Crippen molar-refractivity contribution < 1.29 is 9.47 Å². The monoisotopic (exact) mass is 185 g/mol. The maximum Gasteiger partial charge on any atom is 0.172 e. The number of ether oxygens (including phenoxy) is 2. The number of hydrogen-bond donors (Lipinski definition) is 1. The summed E-state index contributed by atoms with van der Waals surface area (Å²) in [5.41, 5.74) is 5.96. The molecule has 0 aromatic carbocycles. The van der Waals surface area contributed by atoms with Crippen LogP contribution in [0.4, 0.5) is 0 Å². The van der Waals surface area contributed by atoms with Crippen LogP contribution in [0.25, 0.3) is 0 Å². The predicted octanol–water partition coefficient (Wildman–Crippen LogP) is 1.27. The Morgan fingerprint density at radius 3 is 2.15 bits per heavy atom. The van der Waals surface area contributed by atoms with Gasteiger partial charge in [0.25, 0.3) is 0 Å². The molecule has 0 amide bonds. The van der Waals surface area contributed by atoms with Crippen LogP contribution >= 0.6 is 0 Å². The van der Waals surface area contributed by atoms with Crippen molar-refractivity contribution in [2.75, 3.05) is 19.8 Å². The van der Waals surface area contributed by atoms with E-state index in [4.69, 9.17) is 15.2 Å². The molecule has 1 heterocycles. The zero-order valence-electron chi connectivity index (χ0n) is 8.34. The van der Waals surface area contributed by atoms with Crippen molar-refractivity contribution in [3.8, 4) is 0 Å². The van der Waals surface area contributed by atoms with Crippen LogP contribution in [0, 0.1) is 5.41 Å². The Morgan fingerprint density at radius 2 is 1.69 bits per heavy atom. The molecule has 13 heavy (non-hydrogen) atoms. The Hall–Kier alpha value is -0.120. The minimum atomic E-state index is -0.405. The highest BCUT2D eigenvalue weighted by atomic mass is 16.7. The van der Waals surface area contributed by atoms with Crippen molar-refractivity contribution in [2.45, 2.75) is 38.4 Å². The molecule has 2 rings (SSSR count). The third-order valence-electron chi connectivity index (χ3n) is 3.75. The van der Waals surface area contributed by atoms with E-state index in [0.29, 0.717) is 6.54 Å². The fourth-order valence-electron chi connectivity index (χ4n) is 2.72. The molecule has 0 atom stereocenters. The van der Waals surface area contributed by atoms with Crippen LogP contribution in [0.3, 0.4) is 0 Å². The summed E-state index contributed by atoms with van der Waals surface area (Å²) in [4.78, 5) is 0. The van der Waals surface area contributed by atoms with Gasteiger partial charge in [-0.25, -0.2) is 0 Å². The molecule has 1 aliphatic carbocycles. The summed E-state index contributed by atoms with van der Waals surface area (Å²) in [7, 11) is 0. The maximum atomic E-state index is 5.87. The SMILES string of the molecule is CC1(C2(CN)CCCC2)OCCO1. The highest BCUT2D eigenvalue weighted by molar-refractivity contribution is 4.97. The first-order chi connectivity index (χ1) is 6.22. The van der Waals surface area contributed by atoms with Crippen molar-refractivity contribution in [1.29, 1.82) is 0 Å². The molecule has 3 nitrogen and oxygen atoms in total. The first-order valence-electron chi connectivity index (χ1n) is 5.20. The molecule has 0 aromatic rings. The fourth-order valence-corrected chi connectivity index (χ4v) is 2.72. The lowest BCUT2D eigenvalue weighted by molar-refractivity contribution is -0.220. The average Bonchev–Trinajstić information content (AvgIpc) is 2.73. The molecule has 1 saturated carbocycles. The van der Waals surface area contributed by atoms with Crippen molar-refractivity contribution in [3.05, 3.63) is 0 Å². The Kier molecular flexibility index (Phi) is 2.34. The summed E-state index contributed by atoms with van der Waals surface area (Å²) >= 11 is 0. The quantitative estimate of drug-likeness (QED) is 0.704.